The van der Waals surface area contributed by atoms with Gasteiger partial charge in [-0.3, -0.25) is 4.57 Å². The number of nitrogens with zero attached hydrogens (tertiary/aromatic N) is 1. The third kappa shape index (κ3) is 20.2. The highest BCUT2D eigenvalue weighted by molar-refractivity contribution is 7.45. The van der Waals surface area contributed by atoms with Crippen molar-refractivity contribution >= 4 is 7.82 Å². The molecule has 0 aliphatic rings. The lowest BCUT2D eigenvalue weighted by Gasteiger charge is -2.27. The molecule has 0 saturated heterocycles. The summed E-state index contributed by atoms with van der Waals surface area (Å²) in [6.45, 7) is 3.29. The summed E-state index contributed by atoms with van der Waals surface area (Å²) in [5, 5.41) is 0. The van der Waals surface area contributed by atoms with E-state index in [1.807, 2.05) is 21.1 Å². The standard InChI is InChI=1S/C19H42NO4P/c1-5-6-7-8-9-10-11-12-13-14-15-16-18-23-25(21,22)24-19-17-20(2,3)4/h5-19H2,1-4H3. The van der Waals surface area contributed by atoms with E-state index in [1.165, 1.54) is 57.8 Å². The maximum absolute atomic E-state index is 11.6. The number of hydrogen-bond donors (Lipinski definition) is 0. The molecule has 0 aliphatic heterocycles. The predicted octanol–water partition coefficient (Wildman–Crippen LogP) is 4.90. The Morgan fingerprint density at radius 3 is 1.56 bits per heavy atom. The van der Waals surface area contributed by atoms with Crippen LogP contribution in [0.1, 0.15) is 84.0 Å². The Morgan fingerprint density at radius 1 is 0.720 bits per heavy atom. The van der Waals surface area contributed by atoms with Gasteiger partial charge in [-0.15, -0.1) is 0 Å². The number of phosphoric ester groups is 1. The van der Waals surface area contributed by atoms with Crippen molar-refractivity contribution in [2.24, 2.45) is 0 Å². The fourth-order valence-electron chi connectivity index (χ4n) is 2.58. The molecule has 5 nitrogen and oxygen atoms in total. The quantitative estimate of drug-likeness (QED) is 0.193. The zero-order valence-corrected chi connectivity index (χ0v) is 18.0. The highest BCUT2D eigenvalue weighted by Crippen LogP contribution is 2.38. The Balaban J connectivity index is 3.35. The molecule has 152 valence electrons. The van der Waals surface area contributed by atoms with Crippen molar-refractivity contribution in [3.05, 3.63) is 0 Å². The Labute approximate surface area is 156 Å². The second-order valence-corrected chi connectivity index (χ2v) is 9.43. The van der Waals surface area contributed by atoms with E-state index in [4.69, 9.17) is 9.05 Å². The zero-order valence-electron chi connectivity index (χ0n) is 17.1. The SMILES string of the molecule is CCCCCCCCCCCCCCOP(=O)([O-])OCC[N+](C)(C)C. The number of rotatable bonds is 18. The number of likely N-dealkylation sites (N-methyl/N-ethyl adjacent to an activating group) is 1. The van der Waals surface area contributed by atoms with Gasteiger partial charge in [0, 0.05) is 0 Å². The monoisotopic (exact) mass is 379 g/mol. The Morgan fingerprint density at radius 2 is 1.12 bits per heavy atom. The lowest BCUT2D eigenvalue weighted by molar-refractivity contribution is -0.870. The van der Waals surface area contributed by atoms with E-state index in [9.17, 15) is 9.46 Å². The summed E-state index contributed by atoms with van der Waals surface area (Å²) in [7, 11) is 1.86. The molecule has 25 heavy (non-hydrogen) atoms. The van der Waals surface area contributed by atoms with Gasteiger partial charge < -0.3 is 18.4 Å². The predicted molar refractivity (Wildman–Crippen MR) is 103 cm³/mol. The van der Waals surface area contributed by atoms with Gasteiger partial charge in [-0.25, -0.2) is 0 Å². The van der Waals surface area contributed by atoms with Crippen LogP contribution in [0.5, 0.6) is 0 Å². The second kappa shape index (κ2) is 15.2. The minimum atomic E-state index is -4.12. The van der Waals surface area contributed by atoms with Crippen LogP contribution in [0.4, 0.5) is 0 Å². The molecule has 6 heteroatoms. The smallest absolute Gasteiger partial charge is 0.268 e. The summed E-state index contributed by atoms with van der Waals surface area (Å²) >= 11 is 0. The van der Waals surface area contributed by atoms with Gasteiger partial charge in [0.05, 0.1) is 27.7 Å². The van der Waals surface area contributed by atoms with Gasteiger partial charge in [0.25, 0.3) is 7.82 Å². The van der Waals surface area contributed by atoms with E-state index in [0.29, 0.717) is 11.0 Å². The zero-order chi connectivity index (χ0) is 19.0. The molecule has 0 aliphatic carbocycles. The Hall–Kier alpha value is 0.0700. The molecule has 0 aromatic heterocycles. The van der Waals surface area contributed by atoms with Gasteiger partial charge in [-0.05, 0) is 6.42 Å². The van der Waals surface area contributed by atoms with Gasteiger partial charge >= 0.3 is 0 Å². The largest absolute Gasteiger partial charge is 0.756 e. The fourth-order valence-corrected chi connectivity index (χ4v) is 3.32. The van der Waals surface area contributed by atoms with Crippen LogP contribution in [0.3, 0.4) is 0 Å². The van der Waals surface area contributed by atoms with Crippen molar-refractivity contribution in [1.82, 2.24) is 0 Å². The molecule has 0 rings (SSSR count). The first-order chi connectivity index (χ1) is 11.8. The molecular weight excluding hydrogens is 337 g/mol. The molecule has 0 amide bonds. The van der Waals surface area contributed by atoms with E-state index in [1.54, 1.807) is 0 Å². The van der Waals surface area contributed by atoms with Crippen LogP contribution in [0, 0.1) is 0 Å². The molecule has 0 heterocycles. The first kappa shape index (κ1) is 25.1. The molecule has 1 atom stereocenters. The van der Waals surface area contributed by atoms with Crippen molar-refractivity contribution in [2.45, 2.75) is 84.0 Å². The lowest BCUT2D eigenvalue weighted by atomic mass is 10.1. The molecule has 0 N–H and O–H groups in total. The Kier molecular flexibility index (Phi) is 15.2. The van der Waals surface area contributed by atoms with Crippen molar-refractivity contribution in [1.29, 1.82) is 0 Å². The van der Waals surface area contributed by atoms with Crippen molar-refractivity contribution in [3.63, 3.8) is 0 Å². The first-order valence-electron chi connectivity index (χ1n) is 10.2. The van der Waals surface area contributed by atoms with Gasteiger partial charge in [0.1, 0.15) is 13.2 Å². The maximum atomic E-state index is 11.6. The van der Waals surface area contributed by atoms with Crippen molar-refractivity contribution < 1.29 is 23.0 Å². The molecule has 0 aromatic carbocycles. The van der Waals surface area contributed by atoms with Crippen LogP contribution in [0.25, 0.3) is 0 Å². The van der Waals surface area contributed by atoms with Gasteiger partial charge in [0.15, 0.2) is 0 Å². The summed E-state index contributed by atoms with van der Waals surface area (Å²) in [5.74, 6) is 0. The number of phosphoric acid groups is 1. The number of unbranched alkanes of at least 4 members (excludes halogenated alkanes) is 11. The summed E-state index contributed by atoms with van der Waals surface area (Å²) < 4.78 is 22.0. The third-order valence-electron chi connectivity index (χ3n) is 4.26. The number of quaternary nitrogens is 1. The minimum Gasteiger partial charge on any atom is -0.756 e. The van der Waals surface area contributed by atoms with Crippen molar-refractivity contribution in [3.8, 4) is 0 Å². The fraction of sp³-hybridized carbons (Fsp3) is 1.00. The average molecular weight is 380 g/mol. The van der Waals surface area contributed by atoms with E-state index < -0.39 is 7.82 Å². The summed E-state index contributed by atoms with van der Waals surface area (Å²) in [4.78, 5) is 11.6. The minimum absolute atomic E-state index is 0.169. The Bertz CT molecular complexity index is 345. The van der Waals surface area contributed by atoms with Gasteiger partial charge in [-0.2, -0.15) is 0 Å². The molecule has 0 spiro atoms. The van der Waals surface area contributed by atoms with Crippen LogP contribution in [-0.4, -0.2) is 45.4 Å². The van der Waals surface area contributed by atoms with Gasteiger partial charge in [-0.1, -0.05) is 77.6 Å². The molecule has 0 aromatic rings. The summed E-state index contributed by atoms with van der Waals surface area (Å²) in [6.07, 6.45) is 15.0. The average Bonchev–Trinajstić information content (AvgIpc) is 2.50. The van der Waals surface area contributed by atoms with Crippen molar-refractivity contribution in [2.75, 3.05) is 40.9 Å². The lowest BCUT2D eigenvalue weighted by Crippen LogP contribution is -2.37. The third-order valence-corrected chi connectivity index (χ3v) is 5.26. The normalized spacial score (nSPS) is 14.6. The van der Waals surface area contributed by atoms with Crippen LogP contribution in [0.2, 0.25) is 0 Å². The molecule has 0 fully saturated rings. The molecular formula is C19H42NO4P. The van der Waals surface area contributed by atoms with E-state index in [2.05, 4.69) is 6.92 Å². The molecule has 0 bridgehead atoms. The topological polar surface area (TPSA) is 58.6 Å². The highest BCUT2D eigenvalue weighted by Gasteiger charge is 2.12. The van der Waals surface area contributed by atoms with E-state index in [-0.39, 0.29) is 13.2 Å². The second-order valence-electron chi connectivity index (χ2n) is 8.02. The van der Waals surface area contributed by atoms with Crippen LogP contribution < -0.4 is 4.89 Å². The van der Waals surface area contributed by atoms with E-state index in [0.717, 1.165) is 19.3 Å². The van der Waals surface area contributed by atoms with Crippen LogP contribution in [-0.2, 0) is 13.6 Å². The van der Waals surface area contributed by atoms with Crippen LogP contribution in [0.15, 0.2) is 0 Å². The molecule has 0 radical (unpaired) electrons. The first-order valence-corrected chi connectivity index (χ1v) is 11.6. The summed E-state index contributed by atoms with van der Waals surface area (Å²) in [6, 6.07) is 0. The molecule has 0 saturated carbocycles. The van der Waals surface area contributed by atoms with E-state index >= 15 is 0 Å². The number of hydrogen-bond acceptors (Lipinski definition) is 4. The van der Waals surface area contributed by atoms with Crippen LogP contribution >= 0.6 is 7.82 Å². The summed E-state index contributed by atoms with van der Waals surface area (Å²) in [5.41, 5.74) is 0. The van der Waals surface area contributed by atoms with Gasteiger partial charge in [0.2, 0.25) is 0 Å². The maximum Gasteiger partial charge on any atom is 0.268 e. The highest BCUT2D eigenvalue weighted by atomic mass is 31.2. The molecule has 1 unspecified atom stereocenters.